The van der Waals surface area contributed by atoms with Crippen LogP contribution in [-0.2, 0) is 0 Å². The van der Waals surface area contributed by atoms with Gasteiger partial charge in [0.2, 0.25) is 0 Å². The van der Waals surface area contributed by atoms with Crippen LogP contribution in [0.5, 0.6) is 0 Å². The smallest absolute Gasteiger partial charge is 0.133 e. The van der Waals surface area contributed by atoms with E-state index in [4.69, 9.17) is 11.6 Å². The van der Waals surface area contributed by atoms with Gasteiger partial charge in [-0.25, -0.2) is 4.98 Å². The fraction of sp³-hybridized carbons (Fsp3) is 0.200. The maximum Gasteiger partial charge on any atom is 0.133 e. The topological polar surface area (TPSA) is 25.8 Å². The molecule has 0 aliphatic rings. The summed E-state index contributed by atoms with van der Waals surface area (Å²) in [6, 6.07) is 8.27. The van der Waals surface area contributed by atoms with E-state index >= 15 is 0 Å². The molecule has 2 nitrogen and oxygen atoms in total. The van der Waals surface area contributed by atoms with Crippen molar-refractivity contribution >= 4 is 33.3 Å². The van der Waals surface area contributed by atoms with Crippen molar-refractivity contribution in [2.75, 3.05) is 0 Å². The molecule has 0 radical (unpaired) electrons. The van der Waals surface area contributed by atoms with Crippen LogP contribution in [0.25, 0.3) is 21.7 Å². The Morgan fingerprint density at radius 2 is 1.89 bits per heavy atom. The molecule has 0 saturated heterocycles. The summed E-state index contributed by atoms with van der Waals surface area (Å²) in [7, 11) is 0. The molecule has 2 heterocycles. The molecule has 0 fully saturated rings. The van der Waals surface area contributed by atoms with Crippen molar-refractivity contribution in [3.63, 3.8) is 0 Å². The summed E-state index contributed by atoms with van der Waals surface area (Å²) in [6.07, 6.45) is 3.63. The summed E-state index contributed by atoms with van der Waals surface area (Å²) in [5.41, 5.74) is 2.04. The van der Waals surface area contributed by atoms with Crippen molar-refractivity contribution in [3.05, 3.63) is 47.4 Å². The number of hydrogen-bond acceptors (Lipinski definition) is 2. The van der Waals surface area contributed by atoms with Crippen LogP contribution in [0.3, 0.4) is 0 Å². The van der Waals surface area contributed by atoms with Crippen molar-refractivity contribution in [2.45, 2.75) is 19.8 Å². The SMILES string of the molecule is CC(C)c1cc2ccc3cnccc3c2nc1Cl. The Balaban J connectivity index is 2.42. The number of aromatic nitrogens is 2. The maximum atomic E-state index is 6.27. The van der Waals surface area contributed by atoms with Crippen molar-refractivity contribution in [1.29, 1.82) is 0 Å². The van der Waals surface area contributed by atoms with Crippen LogP contribution in [-0.4, -0.2) is 9.97 Å². The summed E-state index contributed by atoms with van der Waals surface area (Å²) >= 11 is 6.27. The third-order valence-corrected chi connectivity index (χ3v) is 3.51. The van der Waals surface area contributed by atoms with Gasteiger partial charge in [-0.1, -0.05) is 37.6 Å². The minimum absolute atomic E-state index is 0.377. The lowest BCUT2D eigenvalue weighted by atomic mass is 10.0. The molecule has 0 amide bonds. The van der Waals surface area contributed by atoms with E-state index in [1.54, 1.807) is 6.20 Å². The first-order valence-corrected chi connectivity index (χ1v) is 6.37. The highest BCUT2D eigenvalue weighted by molar-refractivity contribution is 6.31. The second kappa shape index (κ2) is 4.21. The monoisotopic (exact) mass is 256 g/mol. The molecule has 1 aromatic carbocycles. The minimum Gasteiger partial charge on any atom is -0.264 e. The first-order valence-electron chi connectivity index (χ1n) is 5.99. The molecule has 3 heteroatoms. The van der Waals surface area contributed by atoms with Crippen LogP contribution >= 0.6 is 11.6 Å². The Morgan fingerprint density at radius 1 is 1.11 bits per heavy atom. The van der Waals surface area contributed by atoms with Crippen LogP contribution in [0.1, 0.15) is 25.3 Å². The van der Waals surface area contributed by atoms with Gasteiger partial charge in [-0.3, -0.25) is 4.98 Å². The third-order valence-electron chi connectivity index (χ3n) is 3.20. The van der Waals surface area contributed by atoms with E-state index in [1.807, 2.05) is 12.3 Å². The standard InChI is InChI=1S/C15H13ClN2/c1-9(2)13-7-10-3-4-11-8-17-6-5-12(11)14(10)18-15(13)16/h3-9H,1-2H3. The number of nitrogens with zero attached hydrogens (tertiary/aromatic N) is 2. The second-order valence-electron chi connectivity index (χ2n) is 4.76. The molecule has 0 aliphatic carbocycles. The molecule has 18 heavy (non-hydrogen) atoms. The number of pyridine rings is 2. The lowest BCUT2D eigenvalue weighted by Crippen LogP contribution is -1.93. The molecule has 0 N–H and O–H groups in total. The third kappa shape index (κ3) is 1.73. The lowest BCUT2D eigenvalue weighted by molar-refractivity contribution is 0.862. The number of benzene rings is 1. The molecular weight excluding hydrogens is 244 g/mol. The fourth-order valence-corrected chi connectivity index (χ4v) is 2.56. The second-order valence-corrected chi connectivity index (χ2v) is 5.12. The number of hydrogen-bond donors (Lipinski definition) is 0. The summed E-state index contributed by atoms with van der Waals surface area (Å²) in [5.74, 6) is 0.377. The molecule has 3 rings (SSSR count). The van der Waals surface area contributed by atoms with E-state index in [0.717, 1.165) is 27.2 Å². The molecule has 3 aromatic rings. The van der Waals surface area contributed by atoms with Gasteiger partial charge in [0.25, 0.3) is 0 Å². The zero-order valence-electron chi connectivity index (χ0n) is 10.3. The first kappa shape index (κ1) is 11.4. The minimum atomic E-state index is 0.377. The molecule has 0 saturated carbocycles. The normalized spacial score (nSPS) is 11.6. The van der Waals surface area contributed by atoms with Gasteiger partial charge in [-0.05, 0) is 23.6 Å². The Bertz CT molecular complexity index is 735. The van der Waals surface area contributed by atoms with E-state index in [1.165, 1.54) is 0 Å². The Hall–Kier alpha value is -1.67. The van der Waals surface area contributed by atoms with E-state index in [2.05, 4.69) is 42.0 Å². The predicted octanol–water partition coefficient (Wildman–Crippen LogP) is 4.56. The highest BCUT2D eigenvalue weighted by Crippen LogP contribution is 2.30. The summed E-state index contributed by atoms with van der Waals surface area (Å²) in [5, 5.41) is 3.91. The average Bonchev–Trinajstić information content (AvgIpc) is 2.37. The molecule has 0 bridgehead atoms. The van der Waals surface area contributed by atoms with E-state index < -0.39 is 0 Å². The van der Waals surface area contributed by atoms with Gasteiger partial charge in [0.15, 0.2) is 0 Å². The van der Waals surface area contributed by atoms with Crippen LogP contribution in [0.2, 0.25) is 5.15 Å². The Kier molecular flexibility index (Phi) is 2.67. The lowest BCUT2D eigenvalue weighted by Gasteiger charge is -2.10. The average molecular weight is 257 g/mol. The number of halogens is 1. The van der Waals surface area contributed by atoms with Crippen LogP contribution in [0, 0.1) is 0 Å². The molecule has 0 atom stereocenters. The highest BCUT2D eigenvalue weighted by atomic mass is 35.5. The molecule has 0 unspecified atom stereocenters. The zero-order valence-corrected chi connectivity index (χ0v) is 11.1. The number of rotatable bonds is 1. The highest BCUT2D eigenvalue weighted by Gasteiger charge is 2.10. The van der Waals surface area contributed by atoms with Gasteiger partial charge in [0.1, 0.15) is 5.15 Å². The van der Waals surface area contributed by atoms with Crippen molar-refractivity contribution in [2.24, 2.45) is 0 Å². The van der Waals surface area contributed by atoms with E-state index in [0.29, 0.717) is 11.1 Å². The van der Waals surface area contributed by atoms with Gasteiger partial charge in [-0.2, -0.15) is 0 Å². The Labute approximate surface area is 111 Å². The molecule has 2 aromatic heterocycles. The molecule has 90 valence electrons. The number of fused-ring (bicyclic) bond motifs is 3. The van der Waals surface area contributed by atoms with Crippen molar-refractivity contribution in [3.8, 4) is 0 Å². The maximum absolute atomic E-state index is 6.27. The van der Waals surface area contributed by atoms with Crippen LogP contribution < -0.4 is 0 Å². The van der Waals surface area contributed by atoms with Crippen molar-refractivity contribution < 1.29 is 0 Å². The predicted molar refractivity (Wildman–Crippen MR) is 76.1 cm³/mol. The first-order chi connectivity index (χ1) is 8.66. The van der Waals surface area contributed by atoms with Gasteiger partial charge in [-0.15, -0.1) is 0 Å². The summed E-state index contributed by atoms with van der Waals surface area (Å²) in [4.78, 5) is 8.69. The van der Waals surface area contributed by atoms with Crippen LogP contribution in [0.4, 0.5) is 0 Å². The van der Waals surface area contributed by atoms with Crippen molar-refractivity contribution in [1.82, 2.24) is 9.97 Å². The fourth-order valence-electron chi connectivity index (χ4n) is 2.21. The largest absolute Gasteiger partial charge is 0.264 e. The van der Waals surface area contributed by atoms with Gasteiger partial charge in [0.05, 0.1) is 5.52 Å². The van der Waals surface area contributed by atoms with Crippen LogP contribution in [0.15, 0.2) is 36.7 Å². The summed E-state index contributed by atoms with van der Waals surface area (Å²) in [6.45, 7) is 4.25. The quantitative estimate of drug-likeness (QED) is 0.471. The molecule has 0 aliphatic heterocycles. The molecule has 0 spiro atoms. The molecular formula is C15H13ClN2. The van der Waals surface area contributed by atoms with E-state index in [9.17, 15) is 0 Å². The Morgan fingerprint density at radius 3 is 2.67 bits per heavy atom. The van der Waals surface area contributed by atoms with Gasteiger partial charge < -0.3 is 0 Å². The zero-order chi connectivity index (χ0) is 12.7. The van der Waals surface area contributed by atoms with Gasteiger partial charge >= 0.3 is 0 Å². The van der Waals surface area contributed by atoms with E-state index in [-0.39, 0.29) is 0 Å². The van der Waals surface area contributed by atoms with Gasteiger partial charge in [0, 0.05) is 28.6 Å². The summed E-state index contributed by atoms with van der Waals surface area (Å²) < 4.78 is 0.